The van der Waals surface area contributed by atoms with E-state index < -0.39 is 0 Å². The predicted molar refractivity (Wildman–Crippen MR) is 80.1 cm³/mol. The Hall–Kier alpha value is -1.87. The van der Waals surface area contributed by atoms with Crippen LogP contribution in [0.4, 0.5) is 5.82 Å². The molecule has 0 radical (unpaired) electrons. The van der Waals surface area contributed by atoms with Crippen LogP contribution in [0.5, 0.6) is 0 Å². The third-order valence-electron chi connectivity index (χ3n) is 3.37. The second-order valence-corrected chi connectivity index (χ2v) is 4.93. The van der Waals surface area contributed by atoms with Gasteiger partial charge in [0.25, 0.3) is 0 Å². The molecule has 0 fully saturated rings. The number of rotatable bonds is 5. The number of nitrogens with two attached hydrogens (primary N) is 1. The third kappa shape index (κ3) is 3.80. The second-order valence-electron chi connectivity index (χ2n) is 4.93. The van der Waals surface area contributed by atoms with Gasteiger partial charge in [0.05, 0.1) is 0 Å². The van der Waals surface area contributed by atoms with Gasteiger partial charge in [-0.15, -0.1) is 0 Å². The number of anilines is 1. The molecule has 2 aromatic rings. The molecule has 0 bridgehead atoms. The zero-order chi connectivity index (χ0) is 13.7. The normalized spacial score (nSPS) is 12.3. The zero-order valence-corrected chi connectivity index (χ0v) is 11.6. The summed E-state index contributed by atoms with van der Waals surface area (Å²) in [4.78, 5) is 4.14. The predicted octanol–water partition coefficient (Wildman–Crippen LogP) is 2.35. The molecule has 3 N–H and O–H groups in total. The number of nitrogens with one attached hydrogen (secondary N) is 1. The van der Waals surface area contributed by atoms with Gasteiger partial charge < -0.3 is 11.1 Å². The monoisotopic (exact) mass is 255 g/mol. The zero-order valence-electron chi connectivity index (χ0n) is 11.6. The smallest absolute Gasteiger partial charge is 0.126 e. The van der Waals surface area contributed by atoms with E-state index in [1.165, 1.54) is 11.1 Å². The number of benzene rings is 1. The van der Waals surface area contributed by atoms with E-state index in [9.17, 15) is 0 Å². The van der Waals surface area contributed by atoms with Crippen LogP contribution in [0.3, 0.4) is 0 Å². The standard InChI is InChI=1S/C16H21N3/c1-12-5-3-6-13(9-12)10-15(18-2)11-14-7-4-8-19-16(14)17/h3-9,15,18H,10-11H2,1-2H3,(H2,17,19). The maximum atomic E-state index is 5.90. The summed E-state index contributed by atoms with van der Waals surface area (Å²) in [5, 5.41) is 3.36. The van der Waals surface area contributed by atoms with E-state index >= 15 is 0 Å². The Morgan fingerprint density at radius 2 is 2.05 bits per heavy atom. The third-order valence-corrected chi connectivity index (χ3v) is 3.37. The summed E-state index contributed by atoms with van der Waals surface area (Å²) in [7, 11) is 1.99. The van der Waals surface area contributed by atoms with E-state index in [0.717, 1.165) is 18.4 Å². The first-order valence-electron chi connectivity index (χ1n) is 6.61. The molecule has 0 saturated carbocycles. The van der Waals surface area contributed by atoms with Crippen molar-refractivity contribution in [2.24, 2.45) is 0 Å². The molecule has 0 aliphatic heterocycles. The highest BCUT2D eigenvalue weighted by Crippen LogP contribution is 2.13. The van der Waals surface area contributed by atoms with Gasteiger partial charge in [0.15, 0.2) is 0 Å². The highest BCUT2D eigenvalue weighted by atomic mass is 14.9. The minimum Gasteiger partial charge on any atom is -0.383 e. The lowest BCUT2D eigenvalue weighted by Crippen LogP contribution is -2.30. The van der Waals surface area contributed by atoms with Crippen LogP contribution in [0.2, 0.25) is 0 Å². The second kappa shape index (κ2) is 6.34. The first-order chi connectivity index (χ1) is 9.19. The average Bonchev–Trinajstić information content (AvgIpc) is 2.40. The van der Waals surface area contributed by atoms with Crippen LogP contribution in [0, 0.1) is 6.92 Å². The van der Waals surface area contributed by atoms with Crippen LogP contribution in [0.25, 0.3) is 0 Å². The number of aromatic nitrogens is 1. The molecule has 1 heterocycles. The molecular weight excluding hydrogens is 234 g/mol. The molecule has 3 heteroatoms. The molecule has 100 valence electrons. The Morgan fingerprint density at radius 3 is 2.74 bits per heavy atom. The van der Waals surface area contributed by atoms with E-state index in [1.807, 2.05) is 19.2 Å². The van der Waals surface area contributed by atoms with Gasteiger partial charge in [0.1, 0.15) is 5.82 Å². The van der Waals surface area contributed by atoms with Gasteiger partial charge >= 0.3 is 0 Å². The number of nitrogens with zero attached hydrogens (tertiary/aromatic N) is 1. The van der Waals surface area contributed by atoms with Crippen molar-refractivity contribution in [1.82, 2.24) is 10.3 Å². The van der Waals surface area contributed by atoms with Gasteiger partial charge in [-0.05, 0) is 44.0 Å². The van der Waals surface area contributed by atoms with Crippen LogP contribution in [0.1, 0.15) is 16.7 Å². The minimum atomic E-state index is 0.369. The molecule has 1 aromatic carbocycles. The molecule has 1 unspecified atom stereocenters. The Bertz CT molecular complexity index is 537. The van der Waals surface area contributed by atoms with Crippen molar-refractivity contribution >= 4 is 5.82 Å². The van der Waals surface area contributed by atoms with Crippen molar-refractivity contribution in [1.29, 1.82) is 0 Å². The maximum Gasteiger partial charge on any atom is 0.126 e. The van der Waals surface area contributed by atoms with E-state index in [-0.39, 0.29) is 0 Å². The summed E-state index contributed by atoms with van der Waals surface area (Å²) in [6.45, 7) is 2.12. The highest BCUT2D eigenvalue weighted by Gasteiger charge is 2.10. The van der Waals surface area contributed by atoms with Gasteiger partial charge in [-0.3, -0.25) is 0 Å². The van der Waals surface area contributed by atoms with E-state index in [0.29, 0.717) is 11.9 Å². The summed E-state index contributed by atoms with van der Waals surface area (Å²) in [5.41, 5.74) is 9.66. The van der Waals surface area contributed by atoms with Gasteiger partial charge in [-0.2, -0.15) is 0 Å². The summed E-state index contributed by atoms with van der Waals surface area (Å²) >= 11 is 0. The lowest BCUT2D eigenvalue weighted by molar-refractivity contribution is 0.556. The molecule has 1 aromatic heterocycles. The molecule has 0 saturated heterocycles. The van der Waals surface area contributed by atoms with Gasteiger partial charge in [-0.1, -0.05) is 35.9 Å². The summed E-state index contributed by atoms with van der Waals surface area (Å²) in [6, 6.07) is 13.0. The minimum absolute atomic E-state index is 0.369. The van der Waals surface area contributed by atoms with Crippen molar-refractivity contribution in [2.45, 2.75) is 25.8 Å². The fourth-order valence-electron chi connectivity index (χ4n) is 2.29. The lowest BCUT2D eigenvalue weighted by Gasteiger charge is -2.17. The van der Waals surface area contributed by atoms with E-state index in [1.54, 1.807) is 6.20 Å². The molecule has 3 nitrogen and oxygen atoms in total. The summed E-state index contributed by atoms with van der Waals surface area (Å²) in [5.74, 6) is 0.631. The molecule has 1 atom stereocenters. The van der Waals surface area contributed by atoms with Crippen LogP contribution < -0.4 is 11.1 Å². The van der Waals surface area contributed by atoms with Crippen LogP contribution in [0.15, 0.2) is 42.6 Å². The number of hydrogen-bond donors (Lipinski definition) is 2. The Morgan fingerprint density at radius 1 is 1.21 bits per heavy atom. The summed E-state index contributed by atoms with van der Waals surface area (Å²) < 4.78 is 0. The molecule has 19 heavy (non-hydrogen) atoms. The Kier molecular flexibility index (Phi) is 4.53. The maximum absolute atomic E-state index is 5.90. The quantitative estimate of drug-likeness (QED) is 0.862. The van der Waals surface area contributed by atoms with Crippen molar-refractivity contribution in [3.63, 3.8) is 0 Å². The molecule has 0 aliphatic rings. The van der Waals surface area contributed by atoms with Gasteiger partial charge in [0, 0.05) is 12.2 Å². The summed E-state index contributed by atoms with van der Waals surface area (Å²) in [6.07, 6.45) is 3.62. The number of pyridine rings is 1. The fraction of sp³-hybridized carbons (Fsp3) is 0.312. The molecule has 0 amide bonds. The average molecular weight is 255 g/mol. The Balaban J connectivity index is 2.07. The SMILES string of the molecule is CNC(Cc1cccc(C)c1)Cc1cccnc1N. The van der Waals surface area contributed by atoms with E-state index in [4.69, 9.17) is 5.73 Å². The van der Waals surface area contributed by atoms with Gasteiger partial charge in [-0.25, -0.2) is 4.98 Å². The molecule has 2 rings (SSSR count). The first-order valence-corrected chi connectivity index (χ1v) is 6.61. The molecule has 0 spiro atoms. The number of hydrogen-bond acceptors (Lipinski definition) is 3. The van der Waals surface area contributed by atoms with Crippen LogP contribution in [-0.2, 0) is 12.8 Å². The lowest BCUT2D eigenvalue weighted by atomic mass is 9.98. The van der Waals surface area contributed by atoms with Crippen LogP contribution in [-0.4, -0.2) is 18.1 Å². The van der Waals surface area contributed by atoms with E-state index in [2.05, 4.69) is 41.5 Å². The molecular formula is C16H21N3. The van der Waals surface area contributed by atoms with Crippen molar-refractivity contribution in [3.8, 4) is 0 Å². The van der Waals surface area contributed by atoms with Crippen molar-refractivity contribution < 1.29 is 0 Å². The fourth-order valence-corrected chi connectivity index (χ4v) is 2.29. The Labute approximate surface area is 114 Å². The highest BCUT2D eigenvalue weighted by molar-refractivity contribution is 5.39. The topological polar surface area (TPSA) is 50.9 Å². The largest absolute Gasteiger partial charge is 0.383 e. The van der Waals surface area contributed by atoms with Crippen molar-refractivity contribution in [2.75, 3.05) is 12.8 Å². The number of likely N-dealkylation sites (N-methyl/N-ethyl adjacent to an activating group) is 1. The molecule has 0 aliphatic carbocycles. The first kappa shape index (κ1) is 13.6. The van der Waals surface area contributed by atoms with Crippen LogP contribution >= 0.6 is 0 Å². The number of nitrogen functional groups attached to an aromatic ring is 1. The van der Waals surface area contributed by atoms with Crippen molar-refractivity contribution in [3.05, 3.63) is 59.3 Å². The van der Waals surface area contributed by atoms with Gasteiger partial charge in [0.2, 0.25) is 0 Å². The number of aryl methyl sites for hydroxylation is 1.